The fourth-order valence-corrected chi connectivity index (χ4v) is 6.15. The molecule has 1 aliphatic heterocycles. The van der Waals surface area contributed by atoms with Gasteiger partial charge >= 0.3 is 17.9 Å². The van der Waals surface area contributed by atoms with Crippen LogP contribution in [0.2, 0.25) is 0 Å². The quantitative estimate of drug-likeness (QED) is 0.110. The van der Waals surface area contributed by atoms with Crippen molar-refractivity contribution in [2.75, 3.05) is 7.11 Å². The third-order valence-corrected chi connectivity index (χ3v) is 9.23. The smallest absolute Gasteiger partial charge is 0.342 e. The van der Waals surface area contributed by atoms with Crippen LogP contribution in [0.1, 0.15) is 99.4 Å². The molecule has 1 aliphatic rings. The lowest BCUT2D eigenvalue weighted by Gasteiger charge is -2.28. The number of methoxy groups -OCH3 is 1. The van der Waals surface area contributed by atoms with Gasteiger partial charge in [-0.05, 0) is 59.7 Å². The first-order chi connectivity index (χ1) is 24.4. The number of fused-ring (bicyclic) bond motifs is 1. The van der Waals surface area contributed by atoms with E-state index in [-0.39, 0.29) is 36.2 Å². The second kappa shape index (κ2) is 18.7. The molecule has 0 unspecified atom stereocenters. The third-order valence-electron chi connectivity index (χ3n) is 9.23. The lowest BCUT2D eigenvalue weighted by molar-refractivity contribution is -0.145. The SMILES string of the molecule is CC[C@H](C)Cc1ccc2c(c1OC(C)=O)C(=O)O[C@H](C[C@@H](/C=C/c1coc(C[C@H](O)[C@H](C)[C@@H](CC)OCc3ccc(OC)cc3)n1)OC(C)=O)C2. The molecule has 1 aromatic heterocycles. The second-order valence-corrected chi connectivity index (χ2v) is 13.3. The number of carbonyl (C=O) groups excluding carboxylic acids is 3. The van der Waals surface area contributed by atoms with Crippen LogP contribution in [-0.4, -0.2) is 59.5 Å². The van der Waals surface area contributed by atoms with E-state index in [1.807, 2.05) is 50.2 Å². The number of benzene rings is 2. The van der Waals surface area contributed by atoms with Crippen LogP contribution in [0.15, 0.2) is 53.2 Å². The number of ether oxygens (including phenoxy) is 5. The highest BCUT2D eigenvalue weighted by Gasteiger charge is 2.33. The summed E-state index contributed by atoms with van der Waals surface area (Å²) in [5.41, 5.74) is 3.25. The number of carbonyl (C=O) groups is 3. The van der Waals surface area contributed by atoms with Gasteiger partial charge in [-0.3, -0.25) is 9.59 Å². The number of nitrogens with zero attached hydrogens (tertiary/aromatic N) is 1. The normalized spacial score (nSPS) is 17.2. The van der Waals surface area contributed by atoms with Crippen molar-refractivity contribution in [2.24, 2.45) is 11.8 Å². The van der Waals surface area contributed by atoms with Crippen LogP contribution in [0.25, 0.3) is 6.08 Å². The zero-order valence-electron chi connectivity index (χ0n) is 30.7. The maximum Gasteiger partial charge on any atom is 0.342 e. The summed E-state index contributed by atoms with van der Waals surface area (Å²) < 4.78 is 33.9. The summed E-state index contributed by atoms with van der Waals surface area (Å²) in [5, 5.41) is 11.0. The van der Waals surface area contributed by atoms with Crippen molar-refractivity contribution in [3.63, 3.8) is 0 Å². The van der Waals surface area contributed by atoms with Crippen LogP contribution in [0.5, 0.6) is 11.5 Å². The molecule has 11 nitrogen and oxygen atoms in total. The molecule has 0 saturated carbocycles. The Kier molecular flexibility index (Phi) is 14.4. The molecule has 1 N–H and O–H groups in total. The summed E-state index contributed by atoms with van der Waals surface area (Å²) in [6.45, 7) is 11.2. The molecular weight excluding hydrogens is 654 g/mol. The van der Waals surface area contributed by atoms with Gasteiger partial charge < -0.3 is 33.2 Å². The minimum Gasteiger partial charge on any atom is -0.497 e. The largest absolute Gasteiger partial charge is 0.497 e. The molecule has 6 atom stereocenters. The van der Waals surface area contributed by atoms with E-state index in [4.69, 9.17) is 28.1 Å². The van der Waals surface area contributed by atoms with E-state index < -0.39 is 36.2 Å². The Hall–Kier alpha value is -4.48. The predicted molar refractivity (Wildman–Crippen MR) is 190 cm³/mol. The van der Waals surface area contributed by atoms with Crippen molar-refractivity contribution < 1.29 is 47.6 Å². The van der Waals surface area contributed by atoms with Gasteiger partial charge in [0.25, 0.3) is 0 Å². The first-order valence-electron chi connectivity index (χ1n) is 17.7. The summed E-state index contributed by atoms with van der Waals surface area (Å²) in [7, 11) is 1.63. The van der Waals surface area contributed by atoms with Gasteiger partial charge in [0, 0.05) is 32.6 Å². The Bertz CT molecular complexity index is 1650. The summed E-state index contributed by atoms with van der Waals surface area (Å²) in [5.74, 6) is -0.0440. The lowest BCUT2D eigenvalue weighted by atomic mass is 9.90. The number of rotatable bonds is 18. The predicted octanol–water partition coefficient (Wildman–Crippen LogP) is 6.85. The van der Waals surface area contributed by atoms with Gasteiger partial charge in [-0.15, -0.1) is 0 Å². The van der Waals surface area contributed by atoms with Gasteiger partial charge in [0.15, 0.2) is 5.89 Å². The van der Waals surface area contributed by atoms with Crippen molar-refractivity contribution in [1.82, 2.24) is 4.98 Å². The maximum absolute atomic E-state index is 13.3. The van der Waals surface area contributed by atoms with Crippen molar-refractivity contribution in [3.8, 4) is 11.5 Å². The molecule has 0 amide bonds. The van der Waals surface area contributed by atoms with Crippen molar-refractivity contribution in [3.05, 3.63) is 82.6 Å². The Morgan fingerprint density at radius 3 is 2.43 bits per heavy atom. The number of oxazole rings is 1. The third kappa shape index (κ3) is 11.3. The zero-order valence-corrected chi connectivity index (χ0v) is 30.7. The molecule has 0 bridgehead atoms. The van der Waals surface area contributed by atoms with Gasteiger partial charge in [-0.2, -0.15) is 0 Å². The molecule has 4 rings (SSSR count). The minimum absolute atomic E-state index is 0.179. The van der Waals surface area contributed by atoms with Gasteiger partial charge in [-0.1, -0.05) is 58.4 Å². The number of aliphatic hydroxyl groups excluding tert-OH is 1. The Balaban J connectivity index is 1.38. The average molecular weight is 706 g/mol. The van der Waals surface area contributed by atoms with Crippen LogP contribution in [0.4, 0.5) is 0 Å². The van der Waals surface area contributed by atoms with Gasteiger partial charge in [0.05, 0.1) is 32.3 Å². The first-order valence-corrected chi connectivity index (χ1v) is 17.7. The van der Waals surface area contributed by atoms with E-state index in [9.17, 15) is 19.5 Å². The van der Waals surface area contributed by atoms with Crippen LogP contribution in [-0.2, 0) is 49.7 Å². The van der Waals surface area contributed by atoms with Crippen LogP contribution in [0, 0.1) is 11.8 Å². The number of esters is 3. The highest BCUT2D eigenvalue weighted by molar-refractivity contribution is 5.96. The fourth-order valence-electron chi connectivity index (χ4n) is 6.15. The monoisotopic (exact) mass is 705 g/mol. The van der Waals surface area contributed by atoms with Gasteiger partial charge in [0.1, 0.15) is 41.2 Å². The second-order valence-electron chi connectivity index (χ2n) is 13.3. The topological polar surface area (TPSA) is 144 Å². The van der Waals surface area contributed by atoms with E-state index in [0.29, 0.717) is 42.5 Å². The van der Waals surface area contributed by atoms with Crippen LogP contribution in [0.3, 0.4) is 0 Å². The van der Waals surface area contributed by atoms with E-state index in [2.05, 4.69) is 18.8 Å². The molecule has 0 spiro atoms. The molecule has 0 fully saturated rings. The van der Waals surface area contributed by atoms with Gasteiger partial charge in [-0.25, -0.2) is 9.78 Å². The Morgan fingerprint density at radius 2 is 1.78 bits per heavy atom. The molecule has 0 saturated heterocycles. The molecule has 0 radical (unpaired) electrons. The van der Waals surface area contributed by atoms with Crippen molar-refractivity contribution in [1.29, 1.82) is 0 Å². The van der Waals surface area contributed by atoms with Crippen LogP contribution < -0.4 is 9.47 Å². The summed E-state index contributed by atoms with van der Waals surface area (Å²) >= 11 is 0. The standard InChI is InChI=1S/C40H51NO10/c1-8-24(3)18-30-13-12-29-19-34(51-40(45)38(29)39(30)50-27(6)43)20-33(49-26(5)42)17-14-31-23-48-37(41-31)21-35(44)25(4)36(9-2)47-22-28-10-15-32(46-7)16-11-28/h10-17,23-25,33-36,44H,8-9,18-22H2,1-7H3/b17-14+/t24-,25-,33+,34-,35-,36+/m0/s1. The van der Waals surface area contributed by atoms with Crippen LogP contribution >= 0.6 is 0 Å². The highest BCUT2D eigenvalue weighted by atomic mass is 16.6. The van der Waals surface area contributed by atoms with E-state index in [1.165, 1.54) is 20.1 Å². The summed E-state index contributed by atoms with van der Waals surface area (Å²) in [6, 6.07) is 11.5. The molecule has 3 aromatic rings. The number of hydrogen-bond donors (Lipinski definition) is 1. The molecule has 11 heteroatoms. The average Bonchev–Trinajstić information content (AvgIpc) is 3.54. The van der Waals surface area contributed by atoms with E-state index in [1.54, 1.807) is 19.3 Å². The molecule has 51 heavy (non-hydrogen) atoms. The van der Waals surface area contributed by atoms with E-state index in [0.717, 1.165) is 29.7 Å². The van der Waals surface area contributed by atoms with Crippen molar-refractivity contribution >= 4 is 24.0 Å². The summed E-state index contributed by atoms with van der Waals surface area (Å²) in [6.07, 6.45) is 5.63. The zero-order chi connectivity index (χ0) is 37.1. The molecule has 2 heterocycles. The number of cyclic esters (lactones) is 1. The molecule has 2 aromatic carbocycles. The Morgan fingerprint density at radius 1 is 1.04 bits per heavy atom. The Labute approximate surface area is 300 Å². The number of aromatic nitrogens is 1. The fraction of sp³-hybridized carbons (Fsp3) is 0.500. The molecular formula is C40H51NO10. The van der Waals surface area contributed by atoms with E-state index >= 15 is 0 Å². The first kappa shape index (κ1) is 39.3. The number of hydrogen-bond acceptors (Lipinski definition) is 11. The summed E-state index contributed by atoms with van der Waals surface area (Å²) in [4.78, 5) is 41.8. The van der Waals surface area contributed by atoms with Gasteiger partial charge in [0.2, 0.25) is 0 Å². The van der Waals surface area contributed by atoms with Crippen molar-refractivity contribution in [2.45, 2.75) is 111 Å². The minimum atomic E-state index is -0.758. The molecule has 276 valence electrons. The lowest BCUT2D eigenvalue weighted by Crippen LogP contribution is -2.32. The maximum atomic E-state index is 13.3. The number of aliphatic hydroxyl groups is 1. The highest BCUT2D eigenvalue weighted by Crippen LogP contribution is 2.35. The molecule has 0 aliphatic carbocycles.